The fourth-order valence-corrected chi connectivity index (χ4v) is 3.22. The molecule has 1 aromatic rings. The van der Waals surface area contributed by atoms with Gasteiger partial charge in [0.15, 0.2) is 0 Å². The highest BCUT2D eigenvalue weighted by molar-refractivity contribution is 6.14. The Morgan fingerprint density at radius 1 is 1.19 bits per heavy atom. The fourth-order valence-electron chi connectivity index (χ4n) is 3.22. The first-order valence-electron chi connectivity index (χ1n) is 7.91. The van der Waals surface area contributed by atoms with Crippen LogP contribution in [0.3, 0.4) is 0 Å². The summed E-state index contributed by atoms with van der Waals surface area (Å²) in [7, 11) is 0. The van der Waals surface area contributed by atoms with Crippen molar-refractivity contribution in [3.05, 3.63) is 29.8 Å². The number of anilines is 1. The number of aryl methyl sites for hydroxylation is 1. The van der Waals surface area contributed by atoms with Crippen molar-refractivity contribution in [3.8, 4) is 0 Å². The van der Waals surface area contributed by atoms with Crippen LogP contribution in [-0.2, 0) is 16.0 Å². The quantitative estimate of drug-likeness (QED) is 0.863. The number of nitrogens with zero attached hydrogens (tertiary/aromatic N) is 1. The van der Waals surface area contributed by atoms with Crippen molar-refractivity contribution >= 4 is 17.5 Å². The number of carbonyl (C=O) groups excluding carboxylic acids is 2. The summed E-state index contributed by atoms with van der Waals surface area (Å²) in [5.41, 5.74) is 1.45. The zero-order chi connectivity index (χ0) is 14.4. The Balaban J connectivity index is 1.59. The summed E-state index contributed by atoms with van der Waals surface area (Å²) in [6.45, 7) is 0.730. The number of amides is 2. The minimum absolute atomic E-state index is 0.00722. The molecule has 1 heterocycles. The molecule has 110 valence electrons. The van der Waals surface area contributed by atoms with Crippen LogP contribution in [0, 0.1) is 5.41 Å². The van der Waals surface area contributed by atoms with E-state index in [1.807, 2.05) is 23.1 Å². The highest BCUT2D eigenvalue weighted by Crippen LogP contribution is 2.49. The molecule has 2 amide bonds. The van der Waals surface area contributed by atoms with E-state index in [1.165, 1.54) is 5.56 Å². The molecule has 0 unspecified atom stereocenters. The van der Waals surface area contributed by atoms with Crippen LogP contribution in [0.25, 0.3) is 0 Å². The van der Waals surface area contributed by atoms with E-state index < -0.39 is 5.41 Å². The Hall–Kier alpha value is -1.84. The minimum atomic E-state index is -0.771. The minimum Gasteiger partial charge on any atom is -0.352 e. The molecule has 0 atom stereocenters. The molecular weight excluding hydrogens is 264 g/mol. The summed E-state index contributed by atoms with van der Waals surface area (Å²) in [5, 5.41) is 3.01. The monoisotopic (exact) mass is 284 g/mol. The zero-order valence-electron chi connectivity index (χ0n) is 12.1. The van der Waals surface area contributed by atoms with E-state index >= 15 is 0 Å². The van der Waals surface area contributed by atoms with Gasteiger partial charge in [0.2, 0.25) is 11.8 Å². The van der Waals surface area contributed by atoms with Gasteiger partial charge in [0, 0.05) is 18.3 Å². The molecule has 21 heavy (non-hydrogen) atoms. The molecule has 3 aliphatic rings. The van der Waals surface area contributed by atoms with Crippen LogP contribution in [0.2, 0.25) is 0 Å². The predicted octanol–water partition coefficient (Wildman–Crippen LogP) is 2.02. The molecular formula is C17H20N2O2. The van der Waals surface area contributed by atoms with Gasteiger partial charge in [0.05, 0.1) is 0 Å². The maximum Gasteiger partial charge on any atom is 0.242 e. The fraction of sp³-hybridized carbons (Fsp3) is 0.529. The molecule has 0 spiro atoms. The highest BCUT2D eigenvalue weighted by Gasteiger charge is 2.59. The van der Waals surface area contributed by atoms with Crippen LogP contribution in [-0.4, -0.2) is 24.4 Å². The molecule has 1 aromatic carbocycles. The Morgan fingerprint density at radius 2 is 1.95 bits per heavy atom. The molecule has 1 N–H and O–H groups in total. The first-order chi connectivity index (χ1) is 10.2. The zero-order valence-corrected chi connectivity index (χ0v) is 12.1. The van der Waals surface area contributed by atoms with Crippen molar-refractivity contribution in [2.45, 2.75) is 44.6 Å². The maximum absolute atomic E-state index is 13.0. The van der Waals surface area contributed by atoms with Crippen molar-refractivity contribution in [1.82, 2.24) is 5.32 Å². The van der Waals surface area contributed by atoms with E-state index in [0.29, 0.717) is 18.9 Å². The van der Waals surface area contributed by atoms with Gasteiger partial charge >= 0.3 is 0 Å². The van der Waals surface area contributed by atoms with E-state index in [9.17, 15) is 9.59 Å². The third kappa shape index (κ3) is 2.13. The number of nitrogens with one attached hydrogen (secondary N) is 1. The second-order valence-electron chi connectivity index (χ2n) is 6.52. The standard InChI is InChI=1S/C17H20N2O2/c20-15(18-13-7-8-13)17(9-10-17)16(21)19-11-3-5-12-4-1-2-6-14(12)19/h1-2,4,6,13H,3,5,7-11H2,(H,18,20). The molecule has 2 aliphatic carbocycles. The maximum atomic E-state index is 13.0. The lowest BCUT2D eigenvalue weighted by molar-refractivity contribution is -0.135. The third-order valence-electron chi connectivity index (χ3n) is 4.86. The van der Waals surface area contributed by atoms with E-state index in [1.54, 1.807) is 0 Å². The van der Waals surface area contributed by atoms with Crippen molar-refractivity contribution in [2.75, 3.05) is 11.4 Å². The van der Waals surface area contributed by atoms with Crippen LogP contribution in [0.4, 0.5) is 5.69 Å². The molecule has 2 fully saturated rings. The van der Waals surface area contributed by atoms with Crippen molar-refractivity contribution in [1.29, 1.82) is 0 Å². The molecule has 2 saturated carbocycles. The van der Waals surface area contributed by atoms with Gasteiger partial charge in [-0.3, -0.25) is 9.59 Å². The summed E-state index contributed by atoms with van der Waals surface area (Å²) >= 11 is 0. The first-order valence-corrected chi connectivity index (χ1v) is 7.91. The molecule has 0 aromatic heterocycles. The Labute approximate surface area is 124 Å². The van der Waals surface area contributed by atoms with Gasteiger partial charge in [0.25, 0.3) is 0 Å². The van der Waals surface area contributed by atoms with Crippen molar-refractivity contribution in [3.63, 3.8) is 0 Å². The van der Waals surface area contributed by atoms with Gasteiger partial charge < -0.3 is 10.2 Å². The van der Waals surface area contributed by atoms with Gasteiger partial charge in [-0.2, -0.15) is 0 Å². The first kappa shape index (κ1) is 12.9. The SMILES string of the molecule is O=C(NC1CC1)C1(C(=O)N2CCCc3ccccc32)CC1. The van der Waals surface area contributed by atoms with Crippen LogP contribution >= 0.6 is 0 Å². The average molecular weight is 284 g/mol. The second kappa shape index (κ2) is 4.58. The number of fused-ring (bicyclic) bond motifs is 1. The molecule has 4 rings (SSSR count). The van der Waals surface area contributed by atoms with E-state index in [2.05, 4.69) is 11.4 Å². The van der Waals surface area contributed by atoms with Crippen molar-refractivity contribution in [2.24, 2.45) is 5.41 Å². The van der Waals surface area contributed by atoms with Gasteiger partial charge in [-0.1, -0.05) is 18.2 Å². The Morgan fingerprint density at radius 3 is 2.67 bits per heavy atom. The predicted molar refractivity (Wildman–Crippen MR) is 79.9 cm³/mol. The van der Waals surface area contributed by atoms with Crippen LogP contribution in [0.1, 0.15) is 37.7 Å². The number of hydrogen-bond donors (Lipinski definition) is 1. The Bertz CT molecular complexity index is 603. The summed E-state index contributed by atoms with van der Waals surface area (Å²) in [5.74, 6) is -0.0362. The van der Waals surface area contributed by atoms with Crippen LogP contribution in [0.5, 0.6) is 0 Å². The normalized spacial score (nSPS) is 22.4. The molecule has 4 heteroatoms. The van der Waals surface area contributed by atoms with Gasteiger partial charge in [-0.15, -0.1) is 0 Å². The summed E-state index contributed by atoms with van der Waals surface area (Å²) in [4.78, 5) is 27.2. The third-order valence-corrected chi connectivity index (χ3v) is 4.86. The van der Waals surface area contributed by atoms with Crippen LogP contribution in [0.15, 0.2) is 24.3 Å². The smallest absolute Gasteiger partial charge is 0.242 e. The van der Waals surface area contributed by atoms with E-state index in [4.69, 9.17) is 0 Å². The van der Waals surface area contributed by atoms with Gasteiger partial charge in [-0.25, -0.2) is 0 Å². The Kier molecular flexibility index (Phi) is 2.81. The second-order valence-corrected chi connectivity index (χ2v) is 6.52. The largest absolute Gasteiger partial charge is 0.352 e. The van der Waals surface area contributed by atoms with Gasteiger partial charge in [-0.05, 0) is 50.2 Å². The van der Waals surface area contributed by atoms with Gasteiger partial charge in [0.1, 0.15) is 5.41 Å². The lowest BCUT2D eigenvalue weighted by Crippen LogP contribution is -2.47. The molecule has 0 bridgehead atoms. The van der Waals surface area contributed by atoms with Crippen molar-refractivity contribution < 1.29 is 9.59 Å². The number of para-hydroxylation sites is 1. The summed E-state index contributed by atoms with van der Waals surface area (Å²) in [6, 6.07) is 8.38. The molecule has 0 radical (unpaired) electrons. The number of hydrogen-bond acceptors (Lipinski definition) is 2. The highest BCUT2D eigenvalue weighted by atomic mass is 16.2. The topological polar surface area (TPSA) is 49.4 Å². The average Bonchev–Trinajstić information content (AvgIpc) is 3.39. The lowest BCUT2D eigenvalue weighted by Gasteiger charge is -2.32. The summed E-state index contributed by atoms with van der Waals surface area (Å²) < 4.78 is 0. The van der Waals surface area contributed by atoms with Crippen LogP contribution < -0.4 is 10.2 Å². The molecule has 1 aliphatic heterocycles. The number of rotatable bonds is 3. The number of benzene rings is 1. The van der Waals surface area contributed by atoms with E-state index in [-0.39, 0.29) is 11.8 Å². The molecule has 4 nitrogen and oxygen atoms in total. The number of carbonyl (C=O) groups is 2. The molecule has 0 saturated heterocycles. The van der Waals surface area contributed by atoms with E-state index in [0.717, 1.165) is 37.9 Å². The lowest BCUT2D eigenvalue weighted by atomic mass is 9.97. The summed E-state index contributed by atoms with van der Waals surface area (Å²) in [6.07, 6.45) is 5.50.